The number of amides is 1. The topological polar surface area (TPSA) is 92.4 Å². The molecule has 3 atom stereocenters. The summed E-state index contributed by atoms with van der Waals surface area (Å²) in [5.41, 5.74) is 5.45. The van der Waals surface area contributed by atoms with E-state index in [1.165, 1.54) is 0 Å². The maximum absolute atomic E-state index is 11.4. The number of hydrogen-bond donors (Lipinski definition) is 3. The monoisotopic (exact) mass is 244 g/mol. The van der Waals surface area contributed by atoms with Crippen LogP contribution in [0.5, 0.6) is 0 Å². The number of carboxylic acid groups (broad SMARTS) is 1. The Hall–Kier alpha value is -1.10. The largest absolute Gasteiger partial charge is 0.481 e. The summed E-state index contributed by atoms with van der Waals surface area (Å²) in [6, 6.07) is -0.930. The zero-order chi connectivity index (χ0) is 13.4. The van der Waals surface area contributed by atoms with Crippen LogP contribution in [0.1, 0.15) is 46.5 Å². The molecule has 0 aliphatic carbocycles. The van der Waals surface area contributed by atoms with E-state index in [0.717, 1.165) is 12.8 Å². The van der Waals surface area contributed by atoms with Gasteiger partial charge in [-0.05, 0) is 19.3 Å². The van der Waals surface area contributed by atoms with Crippen molar-refractivity contribution >= 4 is 11.9 Å². The van der Waals surface area contributed by atoms with Crippen molar-refractivity contribution in [2.24, 2.45) is 11.7 Å². The fourth-order valence-corrected chi connectivity index (χ4v) is 1.83. The number of carboxylic acids is 1. The van der Waals surface area contributed by atoms with E-state index in [1.54, 1.807) is 6.92 Å². The van der Waals surface area contributed by atoms with E-state index in [2.05, 4.69) is 19.2 Å². The molecule has 1 unspecified atom stereocenters. The number of rotatable bonds is 8. The molecule has 5 heteroatoms. The third-order valence-electron chi connectivity index (χ3n) is 2.65. The van der Waals surface area contributed by atoms with Gasteiger partial charge in [-0.2, -0.15) is 0 Å². The van der Waals surface area contributed by atoms with E-state index in [-0.39, 0.29) is 18.4 Å². The van der Waals surface area contributed by atoms with Crippen LogP contribution in [0.3, 0.4) is 0 Å². The number of aliphatic carboxylic acids is 1. The van der Waals surface area contributed by atoms with Crippen LogP contribution in [-0.2, 0) is 9.59 Å². The smallest absolute Gasteiger partial charge is 0.305 e. The second-order valence-electron chi connectivity index (χ2n) is 4.72. The fraction of sp³-hybridized carbons (Fsp3) is 0.833. The predicted molar refractivity (Wildman–Crippen MR) is 66.5 cm³/mol. The highest BCUT2D eigenvalue weighted by Gasteiger charge is 2.19. The Morgan fingerprint density at radius 1 is 1.35 bits per heavy atom. The summed E-state index contributed by atoms with van der Waals surface area (Å²) in [5.74, 6) is -0.790. The lowest BCUT2D eigenvalue weighted by Crippen LogP contribution is -2.45. The number of nitrogens with two attached hydrogens (primary N) is 1. The summed E-state index contributed by atoms with van der Waals surface area (Å²) in [4.78, 5) is 22.2. The number of carbonyl (C=O) groups excluding carboxylic acids is 1. The number of carbonyl (C=O) groups is 2. The van der Waals surface area contributed by atoms with Crippen molar-refractivity contribution in [3.8, 4) is 0 Å². The maximum Gasteiger partial charge on any atom is 0.305 e. The molecular formula is C12H24N2O3. The molecule has 0 heterocycles. The van der Waals surface area contributed by atoms with E-state index >= 15 is 0 Å². The molecule has 4 N–H and O–H groups in total. The Kier molecular flexibility index (Phi) is 7.54. The predicted octanol–water partition coefficient (Wildman–Crippen LogP) is 1.12. The van der Waals surface area contributed by atoms with Crippen molar-refractivity contribution in [2.75, 3.05) is 0 Å². The molecule has 0 radical (unpaired) electrons. The van der Waals surface area contributed by atoms with Crippen LogP contribution < -0.4 is 11.1 Å². The molecule has 100 valence electrons. The number of nitrogens with one attached hydrogen (secondary N) is 1. The molecule has 0 rings (SSSR count). The number of hydrogen-bond acceptors (Lipinski definition) is 3. The van der Waals surface area contributed by atoms with Gasteiger partial charge in [0.15, 0.2) is 0 Å². The molecule has 0 aromatic rings. The molecule has 0 saturated heterocycles. The lowest BCUT2D eigenvalue weighted by molar-refractivity contribution is -0.137. The van der Waals surface area contributed by atoms with E-state index in [9.17, 15) is 9.59 Å². The van der Waals surface area contributed by atoms with Gasteiger partial charge in [0, 0.05) is 6.04 Å². The average Bonchev–Trinajstić information content (AvgIpc) is 2.16. The molecule has 0 aliphatic rings. The first-order chi connectivity index (χ1) is 7.86. The highest BCUT2D eigenvalue weighted by Crippen LogP contribution is 2.14. The maximum atomic E-state index is 11.4. The molecule has 5 nitrogen and oxygen atoms in total. The molecular weight excluding hydrogens is 220 g/mol. The van der Waals surface area contributed by atoms with E-state index < -0.39 is 12.0 Å². The van der Waals surface area contributed by atoms with Crippen LogP contribution in [0.15, 0.2) is 0 Å². The zero-order valence-electron chi connectivity index (χ0n) is 10.9. The van der Waals surface area contributed by atoms with Gasteiger partial charge in [0.2, 0.25) is 5.91 Å². The first kappa shape index (κ1) is 15.9. The molecule has 0 saturated carbocycles. The van der Waals surface area contributed by atoms with Crippen LogP contribution in [-0.4, -0.2) is 29.1 Å². The third-order valence-corrected chi connectivity index (χ3v) is 2.65. The van der Waals surface area contributed by atoms with Gasteiger partial charge in [0.1, 0.15) is 0 Å². The molecule has 0 bridgehead atoms. The Morgan fingerprint density at radius 2 is 1.94 bits per heavy atom. The highest BCUT2D eigenvalue weighted by molar-refractivity contribution is 5.81. The molecule has 0 aromatic carbocycles. The Labute approximate surface area is 103 Å². The first-order valence-corrected chi connectivity index (χ1v) is 6.14. The van der Waals surface area contributed by atoms with Crippen molar-refractivity contribution in [1.82, 2.24) is 5.32 Å². The molecule has 0 aliphatic heterocycles. The van der Waals surface area contributed by atoms with Crippen LogP contribution >= 0.6 is 0 Å². The molecule has 17 heavy (non-hydrogen) atoms. The van der Waals surface area contributed by atoms with Gasteiger partial charge >= 0.3 is 5.97 Å². The summed E-state index contributed by atoms with van der Waals surface area (Å²) >= 11 is 0. The minimum atomic E-state index is -0.899. The quantitative estimate of drug-likeness (QED) is 0.596. The second-order valence-corrected chi connectivity index (χ2v) is 4.72. The summed E-state index contributed by atoms with van der Waals surface area (Å²) in [7, 11) is 0. The minimum Gasteiger partial charge on any atom is -0.481 e. The Bertz CT molecular complexity index is 254. The average molecular weight is 244 g/mol. The van der Waals surface area contributed by atoms with Gasteiger partial charge in [-0.15, -0.1) is 0 Å². The highest BCUT2D eigenvalue weighted by atomic mass is 16.4. The van der Waals surface area contributed by atoms with Gasteiger partial charge in [-0.3, -0.25) is 9.59 Å². The van der Waals surface area contributed by atoms with Crippen LogP contribution in [0.25, 0.3) is 0 Å². The van der Waals surface area contributed by atoms with Crippen molar-refractivity contribution in [2.45, 2.75) is 58.5 Å². The van der Waals surface area contributed by atoms with Crippen LogP contribution in [0, 0.1) is 5.92 Å². The minimum absolute atomic E-state index is 0.0491. The molecule has 1 amide bonds. The Morgan fingerprint density at radius 3 is 2.35 bits per heavy atom. The fourth-order valence-electron chi connectivity index (χ4n) is 1.83. The normalized spacial score (nSPS) is 16.0. The van der Waals surface area contributed by atoms with Gasteiger partial charge in [0.05, 0.1) is 12.5 Å². The summed E-state index contributed by atoms with van der Waals surface area (Å²) < 4.78 is 0. The van der Waals surface area contributed by atoms with Gasteiger partial charge < -0.3 is 16.2 Å². The first-order valence-electron chi connectivity index (χ1n) is 6.14. The Balaban J connectivity index is 4.32. The molecule has 0 fully saturated rings. The lowest BCUT2D eigenvalue weighted by atomic mass is 9.95. The summed E-state index contributed by atoms with van der Waals surface area (Å²) in [5, 5.41) is 11.5. The van der Waals surface area contributed by atoms with Gasteiger partial charge in [-0.25, -0.2) is 0 Å². The SMILES string of the molecule is CCCC(C)C[C@@H](CC(=O)O)NC(=O)[C@H](C)N. The van der Waals surface area contributed by atoms with Crippen molar-refractivity contribution in [3.05, 3.63) is 0 Å². The molecule has 0 spiro atoms. The van der Waals surface area contributed by atoms with Gasteiger partial charge in [0.25, 0.3) is 0 Å². The van der Waals surface area contributed by atoms with Crippen LogP contribution in [0.4, 0.5) is 0 Å². The lowest BCUT2D eigenvalue weighted by Gasteiger charge is -2.21. The van der Waals surface area contributed by atoms with E-state index in [4.69, 9.17) is 10.8 Å². The van der Waals surface area contributed by atoms with E-state index in [1.807, 2.05) is 0 Å². The van der Waals surface area contributed by atoms with E-state index in [0.29, 0.717) is 12.3 Å². The molecule has 0 aromatic heterocycles. The second kappa shape index (κ2) is 8.06. The summed E-state index contributed by atoms with van der Waals surface area (Å²) in [6.45, 7) is 5.74. The summed E-state index contributed by atoms with van der Waals surface area (Å²) in [6.07, 6.45) is 2.72. The van der Waals surface area contributed by atoms with Crippen LogP contribution in [0.2, 0.25) is 0 Å². The third kappa shape index (κ3) is 7.74. The standard InChI is InChI=1S/C12H24N2O3/c1-4-5-8(2)6-10(7-11(15)16)14-12(17)9(3)13/h8-10H,4-7,13H2,1-3H3,(H,14,17)(H,15,16)/t8?,9-,10-/m0/s1. The zero-order valence-corrected chi connectivity index (χ0v) is 10.9. The van der Waals surface area contributed by atoms with Crippen molar-refractivity contribution < 1.29 is 14.7 Å². The van der Waals surface area contributed by atoms with Crippen molar-refractivity contribution in [3.63, 3.8) is 0 Å². The van der Waals surface area contributed by atoms with Crippen molar-refractivity contribution in [1.29, 1.82) is 0 Å². The van der Waals surface area contributed by atoms with Gasteiger partial charge in [-0.1, -0.05) is 26.7 Å².